The number of nitrogens with zero attached hydrogens (tertiary/aromatic N) is 1. The van der Waals surface area contributed by atoms with Crippen LogP contribution in [0.25, 0.3) is 0 Å². The standard InChI is InChI=1S/C30H27Cl2N3O7S/c1-35(25-16-24(32)27(40-2)17-28(25)41-3)43(38,39)21-11-8-10-19(15-21)29(36)33-34-30(37)22-12-5-7-14-26(22)42-18-20-9-4-6-13-23(20)31/h4-17H,18H2,1-3H3,(H,33,36)(H,34,37). The molecule has 2 N–H and O–H groups in total. The van der Waals surface area contributed by atoms with Gasteiger partial charge in [0.05, 0.1) is 35.4 Å². The number of methoxy groups -OCH3 is 2. The monoisotopic (exact) mass is 643 g/mol. The number of ether oxygens (including phenoxy) is 3. The summed E-state index contributed by atoms with van der Waals surface area (Å²) in [5, 5.41) is 0.708. The molecule has 2 amide bonds. The Kier molecular flexibility index (Phi) is 10.0. The first kappa shape index (κ1) is 31.5. The highest BCUT2D eigenvalue weighted by atomic mass is 35.5. The minimum absolute atomic E-state index is 0.0160. The maximum Gasteiger partial charge on any atom is 0.273 e. The zero-order valence-electron chi connectivity index (χ0n) is 23.3. The Morgan fingerprint density at radius 1 is 0.767 bits per heavy atom. The Morgan fingerprint density at radius 3 is 2.16 bits per heavy atom. The summed E-state index contributed by atoms with van der Waals surface area (Å²) in [6.07, 6.45) is 0. The summed E-state index contributed by atoms with van der Waals surface area (Å²) >= 11 is 12.4. The zero-order chi connectivity index (χ0) is 31.1. The highest BCUT2D eigenvalue weighted by Gasteiger charge is 2.26. The first-order valence-corrected chi connectivity index (χ1v) is 14.8. The molecule has 0 heterocycles. The molecule has 224 valence electrons. The van der Waals surface area contributed by atoms with Gasteiger partial charge in [-0.05, 0) is 42.5 Å². The number of benzene rings is 4. The lowest BCUT2D eigenvalue weighted by Crippen LogP contribution is -2.41. The van der Waals surface area contributed by atoms with Gasteiger partial charge in [-0.1, -0.05) is 59.6 Å². The second-order valence-corrected chi connectivity index (χ2v) is 11.7. The Bertz CT molecular complexity index is 1770. The molecule has 4 rings (SSSR count). The van der Waals surface area contributed by atoms with E-state index in [2.05, 4.69) is 10.9 Å². The molecular formula is C30H27Cl2N3O7S. The van der Waals surface area contributed by atoms with E-state index in [1.54, 1.807) is 36.4 Å². The Hall–Kier alpha value is -4.45. The molecule has 0 spiro atoms. The van der Waals surface area contributed by atoms with Crippen molar-refractivity contribution in [3.8, 4) is 17.2 Å². The van der Waals surface area contributed by atoms with Gasteiger partial charge in [-0.25, -0.2) is 8.42 Å². The first-order chi connectivity index (χ1) is 20.6. The number of halogens is 2. The summed E-state index contributed by atoms with van der Waals surface area (Å²) in [7, 11) is -0.0315. The summed E-state index contributed by atoms with van der Waals surface area (Å²) in [5.41, 5.74) is 5.70. The minimum Gasteiger partial charge on any atom is -0.495 e. The van der Waals surface area contributed by atoms with Gasteiger partial charge in [0.2, 0.25) is 0 Å². The van der Waals surface area contributed by atoms with Crippen LogP contribution in [0.5, 0.6) is 17.2 Å². The van der Waals surface area contributed by atoms with Crippen LogP contribution in [0.3, 0.4) is 0 Å². The Labute approximate surface area is 259 Å². The van der Waals surface area contributed by atoms with Crippen LogP contribution in [-0.4, -0.2) is 41.5 Å². The molecule has 43 heavy (non-hydrogen) atoms. The normalized spacial score (nSPS) is 10.9. The number of carbonyl (C=O) groups is 2. The largest absolute Gasteiger partial charge is 0.495 e. The van der Waals surface area contributed by atoms with E-state index in [4.69, 9.17) is 37.4 Å². The fourth-order valence-corrected chi connectivity index (χ4v) is 5.65. The number of hydrogen-bond acceptors (Lipinski definition) is 7. The molecule has 0 bridgehead atoms. The molecule has 0 aromatic heterocycles. The van der Waals surface area contributed by atoms with Crippen LogP contribution in [0.1, 0.15) is 26.3 Å². The fraction of sp³-hybridized carbons (Fsp3) is 0.133. The van der Waals surface area contributed by atoms with Gasteiger partial charge < -0.3 is 14.2 Å². The average Bonchev–Trinajstić information content (AvgIpc) is 3.02. The molecule has 0 aliphatic rings. The number of sulfonamides is 1. The molecule has 0 atom stereocenters. The van der Waals surface area contributed by atoms with Crippen molar-refractivity contribution in [3.05, 3.63) is 112 Å². The number of nitrogens with one attached hydrogen (secondary N) is 2. The highest BCUT2D eigenvalue weighted by molar-refractivity contribution is 7.92. The SMILES string of the molecule is COc1cc(OC)c(N(C)S(=O)(=O)c2cccc(C(=O)NNC(=O)c3ccccc3OCc3ccccc3Cl)c2)cc1Cl. The van der Waals surface area contributed by atoms with Crippen LogP contribution in [0, 0.1) is 0 Å². The van der Waals surface area contributed by atoms with Gasteiger partial charge in [0.1, 0.15) is 23.9 Å². The van der Waals surface area contributed by atoms with Crippen molar-refractivity contribution in [1.82, 2.24) is 10.9 Å². The Morgan fingerprint density at radius 2 is 1.44 bits per heavy atom. The van der Waals surface area contributed by atoms with Gasteiger partial charge in [-0.2, -0.15) is 0 Å². The quantitative estimate of drug-likeness (QED) is 0.219. The van der Waals surface area contributed by atoms with E-state index in [0.717, 1.165) is 9.87 Å². The second-order valence-electron chi connectivity index (χ2n) is 8.94. The fourth-order valence-electron chi connectivity index (χ4n) is 3.98. The smallest absolute Gasteiger partial charge is 0.273 e. The molecule has 0 radical (unpaired) electrons. The van der Waals surface area contributed by atoms with Crippen LogP contribution >= 0.6 is 23.2 Å². The first-order valence-electron chi connectivity index (χ1n) is 12.6. The topological polar surface area (TPSA) is 123 Å². The van der Waals surface area contributed by atoms with E-state index in [1.807, 2.05) is 6.07 Å². The maximum absolute atomic E-state index is 13.5. The predicted octanol–water partition coefficient (Wildman–Crippen LogP) is 5.49. The van der Waals surface area contributed by atoms with Gasteiger partial charge in [-0.3, -0.25) is 24.7 Å². The molecule has 0 saturated carbocycles. The van der Waals surface area contributed by atoms with Crippen LogP contribution < -0.4 is 29.4 Å². The van der Waals surface area contributed by atoms with Crippen LogP contribution in [-0.2, 0) is 16.6 Å². The van der Waals surface area contributed by atoms with Crippen molar-refractivity contribution in [1.29, 1.82) is 0 Å². The van der Waals surface area contributed by atoms with Crippen LogP contribution in [0.4, 0.5) is 5.69 Å². The molecule has 10 nitrogen and oxygen atoms in total. The van der Waals surface area contributed by atoms with Crippen molar-refractivity contribution in [2.45, 2.75) is 11.5 Å². The summed E-state index contributed by atoms with van der Waals surface area (Å²) in [6, 6.07) is 21.9. The lowest BCUT2D eigenvalue weighted by Gasteiger charge is -2.23. The third kappa shape index (κ3) is 7.14. The number of rotatable bonds is 10. The summed E-state index contributed by atoms with van der Waals surface area (Å²) in [6.45, 7) is 0.126. The number of anilines is 1. The minimum atomic E-state index is -4.17. The summed E-state index contributed by atoms with van der Waals surface area (Å²) in [5.74, 6) is -0.592. The summed E-state index contributed by atoms with van der Waals surface area (Å²) in [4.78, 5) is 25.7. The van der Waals surface area contributed by atoms with E-state index in [0.29, 0.717) is 10.8 Å². The van der Waals surface area contributed by atoms with Crippen molar-refractivity contribution < 1.29 is 32.2 Å². The molecular weight excluding hydrogens is 617 g/mol. The number of carbonyl (C=O) groups excluding carboxylic acids is 2. The molecule has 4 aromatic carbocycles. The average molecular weight is 645 g/mol. The third-order valence-electron chi connectivity index (χ3n) is 6.31. The van der Waals surface area contributed by atoms with E-state index in [1.165, 1.54) is 63.7 Å². The van der Waals surface area contributed by atoms with Gasteiger partial charge in [-0.15, -0.1) is 0 Å². The lowest BCUT2D eigenvalue weighted by molar-refractivity contribution is 0.0844. The number of hydrogen-bond donors (Lipinski definition) is 2. The van der Waals surface area contributed by atoms with Crippen LogP contribution in [0.2, 0.25) is 10.0 Å². The highest BCUT2D eigenvalue weighted by Crippen LogP contribution is 2.39. The lowest BCUT2D eigenvalue weighted by atomic mass is 10.2. The molecule has 0 unspecified atom stereocenters. The van der Waals surface area contributed by atoms with Gasteiger partial charge in [0, 0.05) is 29.3 Å². The van der Waals surface area contributed by atoms with E-state index in [9.17, 15) is 18.0 Å². The molecule has 0 aliphatic heterocycles. The van der Waals surface area contributed by atoms with Gasteiger partial charge in [0.15, 0.2) is 0 Å². The number of para-hydroxylation sites is 1. The van der Waals surface area contributed by atoms with Crippen LogP contribution in [0.15, 0.2) is 89.8 Å². The molecule has 0 fully saturated rings. The number of hydrazine groups is 1. The molecule has 0 aliphatic carbocycles. The predicted molar refractivity (Wildman–Crippen MR) is 164 cm³/mol. The van der Waals surface area contributed by atoms with E-state index < -0.39 is 21.8 Å². The Balaban J connectivity index is 1.47. The second kappa shape index (κ2) is 13.7. The molecule has 13 heteroatoms. The van der Waals surface area contributed by atoms with Gasteiger partial charge in [0.25, 0.3) is 21.8 Å². The van der Waals surface area contributed by atoms with Gasteiger partial charge >= 0.3 is 0 Å². The van der Waals surface area contributed by atoms with Crippen molar-refractivity contribution in [2.24, 2.45) is 0 Å². The van der Waals surface area contributed by atoms with Crippen molar-refractivity contribution in [2.75, 3.05) is 25.6 Å². The van der Waals surface area contributed by atoms with Crippen molar-refractivity contribution in [3.63, 3.8) is 0 Å². The van der Waals surface area contributed by atoms with E-state index >= 15 is 0 Å². The van der Waals surface area contributed by atoms with Crippen molar-refractivity contribution >= 4 is 50.7 Å². The number of amides is 2. The van der Waals surface area contributed by atoms with E-state index in [-0.39, 0.29) is 44.8 Å². The third-order valence-corrected chi connectivity index (χ3v) is 8.74. The summed E-state index contributed by atoms with van der Waals surface area (Å²) < 4.78 is 44.3. The molecule has 4 aromatic rings. The molecule has 0 saturated heterocycles. The zero-order valence-corrected chi connectivity index (χ0v) is 25.6. The maximum atomic E-state index is 13.5.